The van der Waals surface area contributed by atoms with Crippen molar-refractivity contribution in [3.8, 4) is 45.3 Å². The van der Waals surface area contributed by atoms with E-state index in [0.29, 0.717) is 17.5 Å². The Morgan fingerprint density at radius 1 is 0.239 bits per heavy atom. The molecule has 46 heavy (non-hydrogen) atoms. The van der Waals surface area contributed by atoms with Crippen molar-refractivity contribution in [1.82, 2.24) is 15.0 Å². The van der Waals surface area contributed by atoms with Crippen molar-refractivity contribution in [3.63, 3.8) is 0 Å². The lowest BCUT2D eigenvalue weighted by Gasteiger charge is -2.11. The fourth-order valence-corrected chi connectivity index (χ4v) is 6.50. The van der Waals surface area contributed by atoms with Crippen molar-refractivity contribution in [2.45, 2.75) is 0 Å². The first-order valence-corrected chi connectivity index (χ1v) is 15.5. The maximum Gasteiger partial charge on any atom is 0.164 e. The Kier molecular flexibility index (Phi) is 6.14. The minimum atomic E-state index is 0.652. The summed E-state index contributed by atoms with van der Waals surface area (Å²) in [5.74, 6) is 1.96. The van der Waals surface area contributed by atoms with E-state index in [0.717, 1.165) is 27.6 Å². The normalized spacial score (nSPS) is 11.5. The van der Waals surface area contributed by atoms with Crippen molar-refractivity contribution in [3.05, 3.63) is 164 Å². The first kappa shape index (κ1) is 26.2. The van der Waals surface area contributed by atoms with Crippen LogP contribution in [0.5, 0.6) is 0 Å². The number of nitrogens with zero attached hydrogens (tertiary/aromatic N) is 3. The summed E-state index contributed by atoms with van der Waals surface area (Å²) in [4.78, 5) is 15.0. The maximum atomic E-state index is 5.03. The molecule has 0 bridgehead atoms. The minimum Gasteiger partial charge on any atom is -0.208 e. The van der Waals surface area contributed by atoms with E-state index in [2.05, 4.69) is 133 Å². The van der Waals surface area contributed by atoms with Crippen LogP contribution >= 0.6 is 0 Å². The van der Waals surface area contributed by atoms with Crippen LogP contribution < -0.4 is 0 Å². The number of hydrogen-bond donors (Lipinski definition) is 0. The van der Waals surface area contributed by atoms with Gasteiger partial charge in [-0.2, -0.15) is 0 Å². The lowest BCUT2D eigenvalue weighted by Crippen LogP contribution is -2.00. The molecule has 0 amide bonds. The number of aromatic nitrogens is 3. The van der Waals surface area contributed by atoms with Crippen LogP contribution in [0.4, 0.5) is 0 Å². The predicted octanol–water partition coefficient (Wildman–Crippen LogP) is 11.2. The lowest BCUT2D eigenvalue weighted by molar-refractivity contribution is 1.07. The molecule has 8 aromatic carbocycles. The van der Waals surface area contributed by atoms with Crippen LogP contribution in [-0.4, -0.2) is 15.0 Å². The zero-order valence-corrected chi connectivity index (χ0v) is 24.9. The SMILES string of the molecule is c1ccc(-c2nc(-c3ccc(-c4ccc5ccccc5c4)cc3)nc(-c3ccc4c(ccc5c6ccccc6ccc45)c3)n2)cc1. The molecular weight excluding hydrogens is 558 g/mol. The third kappa shape index (κ3) is 4.58. The van der Waals surface area contributed by atoms with Gasteiger partial charge in [0.2, 0.25) is 0 Å². The van der Waals surface area contributed by atoms with E-state index in [4.69, 9.17) is 15.0 Å². The molecule has 0 saturated carbocycles. The third-order valence-electron chi connectivity index (χ3n) is 8.89. The van der Waals surface area contributed by atoms with E-state index in [1.54, 1.807) is 0 Å². The van der Waals surface area contributed by atoms with Gasteiger partial charge in [0, 0.05) is 16.7 Å². The van der Waals surface area contributed by atoms with Crippen molar-refractivity contribution < 1.29 is 0 Å². The molecule has 0 aliphatic rings. The topological polar surface area (TPSA) is 38.7 Å². The fraction of sp³-hybridized carbons (Fsp3) is 0. The van der Waals surface area contributed by atoms with Gasteiger partial charge in [0.1, 0.15) is 0 Å². The quantitative estimate of drug-likeness (QED) is 0.193. The second-order valence-corrected chi connectivity index (χ2v) is 11.7. The highest BCUT2D eigenvalue weighted by Crippen LogP contribution is 2.34. The van der Waals surface area contributed by atoms with Crippen molar-refractivity contribution in [2.24, 2.45) is 0 Å². The van der Waals surface area contributed by atoms with E-state index in [-0.39, 0.29) is 0 Å². The Morgan fingerprint density at radius 2 is 0.696 bits per heavy atom. The van der Waals surface area contributed by atoms with Crippen LogP contribution in [0, 0.1) is 0 Å². The van der Waals surface area contributed by atoms with Crippen LogP contribution in [0.25, 0.3) is 88.4 Å². The van der Waals surface area contributed by atoms with E-state index >= 15 is 0 Å². The Hall–Kier alpha value is -6.19. The average molecular weight is 586 g/mol. The summed E-state index contributed by atoms with van der Waals surface area (Å²) in [6, 6.07) is 57.7. The molecule has 0 fully saturated rings. The van der Waals surface area contributed by atoms with Gasteiger partial charge in [0.15, 0.2) is 17.5 Å². The van der Waals surface area contributed by atoms with Gasteiger partial charge in [0.25, 0.3) is 0 Å². The maximum absolute atomic E-state index is 5.03. The number of rotatable bonds is 4. The summed E-state index contributed by atoms with van der Waals surface area (Å²) < 4.78 is 0. The van der Waals surface area contributed by atoms with Gasteiger partial charge in [-0.25, -0.2) is 15.0 Å². The van der Waals surface area contributed by atoms with Crippen LogP contribution in [0.15, 0.2) is 164 Å². The monoisotopic (exact) mass is 585 g/mol. The van der Waals surface area contributed by atoms with Crippen molar-refractivity contribution >= 4 is 43.1 Å². The van der Waals surface area contributed by atoms with Gasteiger partial charge in [-0.15, -0.1) is 0 Å². The van der Waals surface area contributed by atoms with Crippen LogP contribution in [0.1, 0.15) is 0 Å². The van der Waals surface area contributed by atoms with Gasteiger partial charge in [-0.05, 0) is 66.3 Å². The molecule has 3 nitrogen and oxygen atoms in total. The first-order chi connectivity index (χ1) is 22.8. The summed E-state index contributed by atoms with van der Waals surface area (Å²) in [5, 5.41) is 9.88. The zero-order chi connectivity index (χ0) is 30.5. The highest BCUT2D eigenvalue weighted by Gasteiger charge is 2.14. The largest absolute Gasteiger partial charge is 0.208 e. The highest BCUT2D eigenvalue weighted by atomic mass is 15.0. The summed E-state index contributed by atoms with van der Waals surface area (Å²) >= 11 is 0. The Labute approximate surface area is 266 Å². The summed E-state index contributed by atoms with van der Waals surface area (Å²) in [6.45, 7) is 0. The molecule has 9 rings (SSSR count). The van der Waals surface area contributed by atoms with Gasteiger partial charge in [-0.3, -0.25) is 0 Å². The summed E-state index contributed by atoms with van der Waals surface area (Å²) in [6.07, 6.45) is 0. The standard InChI is InChI=1S/C43H27N3/c1-2-10-31(11-3-1)41-44-42(32-17-14-29(15-18-32)34-19-16-28-8-4-5-12-33(28)26-34)46-43(45-41)36-22-23-38-35(27-36)21-25-39-37-13-7-6-9-30(37)20-24-40(38)39/h1-27H. The second kappa shape index (κ2) is 10.8. The van der Waals surface area contributed by atoms with Crippen LogP contribution in [0.2, 0.25) is 0 Å². The molecule has 0 spiro atoms. The molecule has 3 heteroatoms. The molecular formula is C43H27N3. The molecule has 0 unspecified atom stereocenters. The molecule has 1 heterocycles. The number of fused-ring (bicyclic) bond motifs is 6. The highest BCUT2D eigenvalue weighted by molar-refractivity contribution is 6.17. The number of hydrogen-bond acceptors (Lipinski definition) is 3. The van der Waals surface area contributed by atoms with E-state index < -0.39 is 0 Å². The first-order valence-electron chi connectivity index (χ1n) is 15.5. The van der Waals surface area contributed by atoms with Crippen molar-refractivity contribution in [2.75, 3.05) is 0 Å². The molecule has 0 atom stereocenters. The van der Waals surface area contributed by atoms with Crippen LogP contribution in [0.3, 0.4) is 0 Å². The van der Waals surface area contributed by atoms with E-state index in [1.165, 1.54) is 43.3 Å². The van der Waals surface area contributed by atoms with Crippen molar-refractivity contribution in [1.29, 1.82) is 0 Å². The molecule has 9 aromatic rings. The smallest absolute Gasteiger partial charge is 0.164 e. The molecule has 0 N–H and O–H groups in total. The molecule has 0 aliphatic heterocycles. The van der Waals surface area contributed by atoms with Gasteiger partial charge >= 0.3 is 0 Å². The molecule has 0 radical (unpaired) electrons. The molecule has 0 saturated heterocycles. The molecule has 0 aliphatic carbocycles. The summed E-state index contributed by atoms with van der Waals surface area (Å²) in [7, 11) is 0. The summed E-state index contributed by atoms with van der Waals surface area (Å²) in [5.41, 5.74) is 5.20. The van der Waals surface area contributed by atoms with Crippen LogP contribution in [-0.2, 0) is 0 Å². The van der Waals surface area contributed by atoms with E-state index in [1.807, 2.05) is 30.3 Å². The molecule has 1 aromatic heterocycles. The van der Waals surface area contributed by atoms with Gasteiger partial charge in [-0.1, -0.05) is 152 Å². The fourth-order valence-electron chi connectivity index (χ4n) is 6.50. The number of benzene rings is 8. The van der Waals surface area contributed by atoms with E-state index in [9.17, 15) is 0 Å². The van der Waals surface area contributed by atoms with Gasteiger partial charge in [0.05, 0.1) is 0 Å². The minimum absolute atomic E-state index is 0.652. The Balaban J connectivity index is 1.15. The Bertz CT molecular complexity index is 2570. The average Bonchev–Trinajstić information content (AvgIpc) is 3.14. The van der Waals surface area contributed by atoms with Gasteiger partial charge < -0.3 is 0 Å². The second-order valence-electron chi connectivity index (χ2n) is 11.7. The third-order valence-corrected chi connectivity index (χ3v) is 8.89. The molecule has 214 valence electrons. The Morgan fingerprint density at radius 3 is 1.46 bits per heavy atom. The zero-order valence-electron chi connectivity index (χ0n) is 24.9. The lowest BCUT2D eigenvalue weighted by atomic mass is 9.96. The predicted molar refractivity (Wildman–Crippen MR) is 192 cm³/mol.